The molecule has 2 N–H and O–H groups in total. The van der Waals surface area contributed by atoms with E-state index in [4.69, 9.17) is 10.5 Å². The molecule has 2 aliphatic carbocycles. The molecule has 0 atom stereocenters. The summed E-state index contributed by atoms with van der Waals surface area (Å²) in [5.74, 6) is 1.26. The molecule has 2 aliphatic rings. The number of hydrogen-bond acceptors (Lipinski definition) is 2. The molecule has 3 heteroatoms. The third-order valence-corrected chi connectivity index (χ3v) is 4.40. The van der Waals surface area contributed by atoms with Crippen molar-refractivity contribution in [1.82, 2.24) is 0 Å². The van der Waals surface area contributed by atoms with Gasteiger partial charge in [-0.15, -0.1) is 0 Å². The maximum atomic E-state index is 13.6. The molecule has 3 rings (SSSR count). The van der Waals surface area contributed by atoms with Crippen LogP contribution >= 0.6 is 0 Å². The van der Waals surface area contributed by atoms with Gasteiger partial charge in [0, 0.05) is 11.1 Å². The first-order valence-corrected chi connectivity index (χ1v) is 7.39. The lowest BCUT2D eigenvalue weighted by atomic mass is 9.77. The van der Waals surface area contributed by atoms with Crippen molar-refractivity contribution < 1.29 is 9.13 Å². The molecule has 19 heavy (non-hydrogen) atoms. The summed E-state index contributed by atoms with van der Waals surface area (Å²) in [6, 6.07) is 4.79. The molecule has 0 saturated heterocycles. The molecular formula is C16H22FNO. The molecule has 2 saturated carbocycles. The summed E-state index contributed by atoms with van der Waals surface area (Å²) >= 11 is 0. The summed E-state index contributed by atoms with van der Waals surface area (Å²) < 4.78 is 19.5. The Kier molecular flexibility index (Phi) is 3.48. The standard InChI is InChI=1S/C16H22FNO/c17-13-6-7-15(19-11-12-4-5-12)14(10-13)16(18)8-2-1-3-9-16/h6-7,10,12H,1-5,8-9,11,18H2. The lowest BCUT2D eigenvalue weighted by molar-refractivity contribution is 0.262. The number of benzene rings is 1. The van der Waals surface area contributed by atoms with Gasteiger partial charge in [-0.25, -0.2) is 4.39 Å². The number of ether oxygens (including phenoxy) is 1. The van der Waals surface area contributed by atoms with E-state index in [1.54, 1.807) is 12.1 Å². The Bertz CT molecular complexity index is 450. The smallest absolute Gasteiger partial charge is 0.124 e. The Morgan fingerprint density at radius 2 is 1.95 bits per heavy atom. The molecule has 0 aromatic heterocycles. The maximum absolute atomic E-state index is 13.6. The first kappa shape index (κ1) is 12.9. The Morgan fingerprint density at radius 3 is 2.63 bits per heavy atom. The third kappa shape index (κ3) is 2.92. The van der Waals surface area contributed by atoms with E-state index in [0.717, 1.165) is 43.6 Å². The predicted octanol–water partition coefficient (Wildman–Crippen LogP) is 3.73. The second kappa shape index (κ2) is 5.12. The van der Waals surface area contributed by atoms with Crippen molar-refractivity contribution in [3.8, 4) is 5.75 Å². The number of hydrogen-bond donors (Lipinski definition) is 1. The molecular weight excluding hydrogens is 241 g/mol. The predicted molar refractivity (Wildman–Crippen MR) is 73.6 cm³/mol. The third-order valence-electron chi connectivity index (χ3n) is 4.40. The Morgan fingerprint density at radius 1 is 1.21 bits per heavy atom. The van der Waals surface area contributed by atoms with Crippen LogP contribution < -0.4 is 10.5 Å². The molecule has 1 aromatic rings. The topological polar surface area (TPSA) is 35.2 Å². The molecule has 1 aromatic carbocycles. The van der Waals surface area contributed by atoms with Crippen molar-refractivity contribution in [2.75, 3.05) is 6.61 Å². The Balaban J connectivity index is 1.85. The number of halogens is 1. The molecule has 2 fully saturated rings. The number of rotatable bonds is 4. The summed E-state index contributed by atoms with van der Waals surface area (Å²) in [7, 11) is 0. The van der Waals surface area contributed by atoms with Gasteiger partial charge < -0.3 is 10.5 Å². The van der Waals surface area contributed by atoms with Crippen molar-refractivity contribution in [2.45, 2.75) is 50.5 Å². The van der Waals surface area contributed by atoms with E-state index in [0.29, 0.717) is 5.92 Å². The van der Waals surface area contributed by atoms with Gasteiger partial charge in [-0.3, -0.25) is 0 Å². The first-order valence-electron chi connectivity index (χ1n) is 7.39. The van der Waals surface area contributed by atoms with Crippen LogP contribution in [0.25, 0.3) is 0 Å². The van der Waals surface area contributed by atoms with Crippen LogP contribution in [0.15, 0.2) is 18.2 Å². The quantitative estimate of drug-likeness (QED) is 0.898. The van der Waals surface area contributed by atoms with E-state index < -0.39 is 5.54 Å². The summed E-state index contributed by atoms with van der Waals surface area (Å²) in [6.07, 6.45) is 7.83. The van der Waals surface area contributed by atoms with Gasteiger partial charge in [-0.1, -0.05) is 19.3 Å². The van der Waals surface area contributed by atoms with Crippen LogP contribution in [0, 0.1) is 11.7 Å². The minimum absolute atomic E-state index is 0.218. The van der Waals surface area contributed by atoms with E-state index in [9.17, 15) is 4.39 Å². The lowest BCUT2D eigenvalue weighted by Gasteiger charge is -2.35. The number of nitrogens with two attached hydrogens (primary N) is 1. The molecule has 0 radical (unpaired) electrons. The van der Waals surface area contributed by atoms with Crippen molar-refractivity contribution in [3.63, 3.8) is 0 Å². The van der Waals surface area contributed by atoms with E-state index in [2.05, 4.69) is 0 Å². The highest BCUT2D eigenvalue weighted by Gasteiger charge is 2.33. The van der Waals surface area contributed by atoms with Crippen LogP contribution in [-0.4, -0.2) is 6.61 Å². The van der Waals surface area contributed by atoms with Gasteiger partial charge in [0.05, 0.1) is 6.61 Å². The maximum Gasteiger partial charge on any atom is 0.124 e. The highest BCUT2D eigenvalue weighted by Crippen LogP contribution is 2.40. The zero-order valence-electron chi connectivity index (χ0n) is 11.3. The highest BCUT2D eigenvalue weighted by atomic mass is 19.1. The SMILES string of the molecule is NC1(c2cc(F)ccc2OCC2CC2)CCCCC1. The van der Waals surface area contributed by atoms with E-state index in [1.807, 2.05) is 0 Å². The van der Waals surface area contributed by atoms with Crippen LogP contribution in [0.3, 0.4) is 0 Å². The largest absolute Gasteiger partial charge is 0.493 e. The van der Waals surface area contributed by atoms with Gasteiger partial charge in [0.1, 0.15) is 11.6 Å². The Labute approximate surface area is 114 Å². The van der Waals surface area contributed by atoms with Gasteiger partial charge >= 0.3 is 0 Å². The molecule has 0 unspecified atom stereocenters. The molecule has 0 spiro atoms. The van der Waals surface area contributed by atoms with Crippen molar-refractivity contribution in [2.24, 2.45) is 11.7 Å². The zero-order chi connectivity index (χ0) is 13.3. The zero-order valence-corrected chi connectivity index (χ0v) is 11.3. The van der Waals surface area contributed by atoms with E-state index in [1.165, 1.54) is 25.3 Å². The lowest BCUT2D eigenvalue weighted by Crippen LogP contribution is -2.39. The summed E-state index contributed by atoms with van der Waals surface area (Å²) in [5.41, 5.74) is 6.99. The van der Waals surface area contributed by atoms with Crippen LogP contribution in [0.1, 0.15) is 50.5 Å². The second-order valence-corrected chi connectivity index (χ2v) is 6.11. The second-order valence-electron chi connectivity index (χ2n) is 6.11. The van der Waals surface area contributed by atoms with Crippen LogP contribution in [0.2, 0.25) is 0 Å². The van der Waals surface area contributed by atoms with Gasteiger partial charge in [-0.2, -0.15) is 0 Å². The Hall–Kier alpha value is -1.09. The van der Waals surface area contributed by atoms with Gasteiger partial charge in [-0.05, 0) is 49.8 Å². The molecule has 0 aliphatic heterocycles. The first-order chi connectivity index (χ1) is 9.17. The van der Waals surface area contributed by atoms with Crippen molar-refractivity contribution in [3.05, 3.63) is 29.6 Å². The molecule has 0 bridgehead atoms. The monoisotopic (exact) mass is 263 g/mol. The molecule has 2 nitrogen and oxygen atoms in total. The summed E-state index contributed by atoms with van der Waals surface area (Å²) in [6.45, 7) is 0.745. The van der Waals surface area contributed by atoms with Crippen molar-refractivity contribution in [1.29, 1.82) is 0 Å². The fraction of sp³-hybridized carbons (Fsp3) is 0.625. The van der Waals surface area contributed by atoms with Gasteiger partial charge in [0.15, 0.2) is 0 Å². The molecule has 0 heterocycles. The highest BCUT2D eigenvalue weighted by molar-refractivity contribution is 5.40. The van der Waals surface area contributed by atoms with Gasteiger partial charge in [0.25, 0.3) is 0 Å². The average Bonchev–Trinajstić information content (AvgIpc) is 3.22. The molecule has 104 valence electrons. The van der Waals surface area contributed by atoms with E-state index >= 15 is 0 Å². The fourth-order valence-electron chi connectivity index (χ4n) is 2.96. The summed E-state index contributed by atoms with van der Waals surface area (Å²) in [4.78, 5) is 0. The minimum Gasteiger partial charge on any atom is -0.493 e. The van der Waals surface area contributed by atoms with Crippen LogP contribution in [-0.2, 0) is 5.54 Å². The van der Waals surface area contributed by atoms with E-state index in [-0.39, 0.29) is 5.82 Å². The van der Waals surface area contributed by atoms with Crippen LogP contribution in [0.5, 0.6) is 5.75 Å². The summed E-state index contributed by atoms with van der Waals surface area (Å²) in [5, 5.41) is 0. The van der Waals surface area contributed by atoms with Gasteiger partial charge in [0.2, 0.25) is 0 Å². The molecule has 0 amide bonds. The fourth-order valence-corrected chi connectivity index (χ4v) is 2.96. The normalized spacial score (nSPS) is 22.2. The average molecular weight is 263 g/mol. The van der Waals surface area contributed by atoms with Crippen LogP contribution in [0.4, 0.5) is 4.39 Å². The van der Waals surface area contributed by atoms with Crippen molar-refractivity contribution >= 4 is 0 Å². The minimum atomic E-state index is -0.404.